The van der Waals surface area contributed by atoms with Gasteiger partial charge in [-0.05, 0) is 88.3 Å². The summed E-state index contributed by atoms with van der Waals surface area (Å²) >= 11 is 0. The van der Waals surface area contributed by atoms with Crippen molar-refractivity contribution in [3.05, 3.63) is 82.2 Å². The smallest absolute Gasteiger partial charge is 0.410 e. The predicted molar refractivity (Wildman–Crippen MR) is 161 cm³/mol. The van der Waals surface area contributed by atoms with Gasteiger partial charge in [0.05, 0.1) is 23.1 Å². The second-order valence-electron chi connectivity index (χ2n) is 12.4. The number of aromatic nitrogens is 2. The maximum atomic E-state index is 13.6. The van der Waals surface area contributed by atoms with Crippen LogP contribution in [0.3, 0.4) is 0 Å². The van der Waals surface area contributed by atoms with Crippen molar-refractivity contribution in [2.45, 2.75) is 71.9 Å². The van der Waals surface area contributed by atoms with Crippen LogP contribution in [0.5, 0.6) is 0 Å². The molecule has 2 aliphatic rings. The van der Waals surface area contributed by atoms with Gasteiger partial charge in [-0.2, -0.15) is 5.10 Å². The van der Waals surface area contributed by atoms with Crippen LogP contribution in [-0.2, 0) is 17.7 Å². The van der Waals surface area contributed by atoms with Gasteiger partial charge in [0.25, 0.3) is 5.91 Å². The number of amides is 2. The zero-order valence-electron chi connectivity index (χ0n) is 25.1. The number of benzene rings is 2. The molecule has 2 aromatic carbocycles. The highest BCUT2D eigenvalue weighted by Crippen LogP contribution is 2.33. The second kappa shape index (κ2) is 12.1. The summed E-state index contributed by atoms with van der Waals surface area (Å²) in [6.45, 7) is 14.3. The lowest BCUT2D eigenvalue weighted by Crippen LogP contribution is -2.42. The van der Waals surface area contributed by atoms with Crippen molar-refractivity contribution in [1.29, 1.82) is 0 Å². The van der Waals surface area contributed by atoms with Gasteiger partial charge in [0, 0.05) is 45.2 Å². The van der Waals surface area contributed by atoms with Crippen LogP contribution in [0.1, 0.15) is 77.8 Å². The van der Waals surface area contributed by atoms with E-state index in [9.17, 15) is 9.59 Å². The molecule has 0 saturated carbocycles. The molecular weight excluding hydrogens is 514 g/mol. The van der Waals surface area contributed by atoms with Crippen molar-refractivity contribution in [1.82, 2.24) is 24.9 Å². The van der Waals surface area contributed by atoms with E-state index in [1.807, 2.05) is 25.5 Å². The third kappa shape index (κ3) is 6.81. The molecule has 1 fully saturated rings. The molecule has 8 nitrogen and oxygen atoms in total. The zero-order chi connectivity index (χ0) is 29.1. The number of hydrogen-bond acceptors (Lipinski definition) is 5. The predicted octanol–water partition coefficient (Wildman–Crippen LogP) is 5.39. The van der Waals surface area contributed by atoms with Gasteiger partial charge in [0.15, 0.2) is 0 Å². The largest absolute Gasteiger partial charge is 0.444 e. The number of carbonyl (C=O) groups is 2. The summed E-state index contributed by atoms with van der Waals surface area (Å²) in [5.41, 5.74) is 7.14. The summed E-state index contributed by atoms with van der Waals surface area (Å²) in [6, 6.07) is 14.9. The van der Waals surface area contributed by atoms with Gasteiger partial charge in [-0.3, -0.25) is 9.69 Å². The van der Waals surface area contributed by atoms with E-state index in [2.05, 4.69) is 66.5 Å². The standard InChI is InChI=1S/C33H43N5O3/c1-23-10-11-28(20-24(23)2)38-30(26-13-17-37(18-14-26)32(40)41-33(3,4)5)29(21-35-38)31(39)34-15-19-36-16-12-25-8-6-7-9-27(25)22-36/h6-11,20-21,26H,12-19,22H2,1-5H3,(H,34,39). The molecule has 0 aliphatic carbocycles. The Balaban J connectivity index is 1.30. The average Bonchev–Trinajstić information content (AvgIpc) is 3.39. The first-order chi connectivity index (χ1) is 19.6. The summed E-state index contributed by atoms with van der Waals surface area (Å²) in [7, 11) is 0. The van der Waals surface area contributed by atoms with Crippen LogP contribution in [0.4, 0.5) is 4.79 Å². The van der Waals surface area contributed by atoms with Gasteiger partial charge in [-0.15, -0.1) is 0 Å². The third-order valence-electron chi connectivity index (χ3n) is 8.24. The second-order valence-corrected chi connectivity index (χ2v) is 12.4. The van der Waals surface area contributed by atoms with Crippen LogP contribution in [0.15, 0.2) is 48.7 Å². The fourth-order valence-corrected chi connectivity index (χ4v) is 5.82. The lowest BCUT2D eigenvalue weighted by Gasteiger charge is -2.34. The number of nitrogens with one attached hydrogen (secondary N) is 1. The highest BCUT2D eigenvalue weighted by molar-refractivity contribution is 5.95. The van der Waals surface area contributed by atoms with Crippen LogP contribution in [0.2, 0.25) is 0 Å². The van der Waals surface area contributed by atoms with Gasteiger partial charge in [-0.1, -0.05) is 30.3 Å². The van der Waals surface area contributed by atoms with Gasteiger partial charge >= 0.3 is 6.09 Å². The van der Waals surface area contributed by atoms with Crippen molar-refractivity contribution < 1.29 is 14.3 Å². The maximum Gasteiger partial charge on any atom is 0.410 e. The molecule has 0 radical (unpaired) electrons. The minimum atomic E-state index is -0.529. The van der Waals surface area contributed by atoms with Crippen molar-refractivity contribution in [2.75, 3.05) is 32.7 Å². The number of hydrogen-bond donors (Lipinski definition) is 1. The fraction of sp³-hybridized carbons (Fsp3) is 0.485. The van der Waals surface area contributed by atoms with E-state index in [1.54, 1.807) is 11.1 Å². The van der Waals surface area contributed by atoms with Crippen LogP contribution in [0, 0.1) is 13.8 Å². The lowest BCUT2D eigenvalue weighted by atomic mass is 9.90. The first kappa shape index (κ1) is 28.9. The summed E-state index contributed by atoms with van der Waals surface area (Å²) in [4.78, 5) is 30.4. The summed E-state index contributed by atoms with van der Waals surface area (Å²) < 4.78 is 7.52. The minimum absolute atomic E-state index is 0.0946. The Hall–Kier alpha value is -3.65. The number of fused-ring (bicyclic) bond motifs is 1. The maximum absolute atomic E-state index is 13.6. The van der Waals surface area contributed by atoms with Crippen molar-refractivity contribution in [3.63, 3.8) is 0 Å². The molecule has 0 unspecified atom stereocenters. The third-order valence-corrected chi connectivity index (χ3v) is 8.24. The van der Waals surface area contributed by atoms with Crippen LogP contribution >= 0.6 is 0 Å². The molecule has 1 aromatic heterocycles. The highest BCUT2D eigenvalue weighted by Gasteiger charge is 2.32. The Morgan fingerprint density at radius 1 is 1.00 bits per heavy atom. The molecule has 2 aliphatic heterocycles. The molecule has 3 aromatic rings. The Kier molecular flexibility index (Phi) is 8.50. The SMILES string of the molecule is Cc1ccc(-n2ncc(C(=O)NCCN3CCc4ccccc4C3)c2C2CCN(C(=O)OC(C)(C)C)CC2)cc1C. The number of ether oxygens (including phenoxy) is 1. The first-order valence-corrected chi connectivity index (χ1v) is 14.8. The Labute approximate surface area is 243 Å². The normalized spacial score (nSPS) is 16.4. The van der Waals surface area contributed by atoms with E-state index in [1.165, 1.54) is 22.3 Å². The van der Waals surface area contributed by atoms with E-state index in [4.69, 9.17) is 9.84 Å². The van der Waals surface area contributed by atoms with Gasteiger partial charge in [0.2, 0.25) is 0 Å². The number of rotatable bonds is 6. The lowest BCUT2D eigenvalue weighted by molar-refractivity contribution is 0.0203. The molecule has 218 valence electrons. The molecular formula is C33H43N5O3. The Morgan fingerprint density at radius 3 is 2.44 bits per heavy atom. The molecule has 3 heterocycles. The van der Waals surface area contributed by atoms with Crippen LogP contribution in [0.25, 0.3) is 5.69 Å². The van der Waals surface area contributed by atoms with E-state index in [0.29, 0.717) is 25.2 Å². The first-order valence-electron chi connectivity index (χ1n) is 14.8. The van der Waals surface area contributed by atoms with Crippen molar-refractivity contribution in [2.24, 2.45) is 0 Å². The molecule has 8 heteroatoms. The molecule has 1 N–H and O–H groups in total. The molecule has 41 heavy (non-hydrogen) atoms. The number of likely N-dealkylation sites (tertiary alicyclic amines) is 1. The molecule has 0 atom stereocenters. The topological polar surface area (TPSA) is 79.7 Å². The van der Waals surface area contributed by atoms with Gasteiger partial charge in [0.1, 0.15) is 5.60 Å². The number of aryl methyl sites for hydroxylation is 2. The fourth-order valence-electron chi connectivity index (χ4n) is 5.82. The van der Waals surface area contributed by atoms with E-state index in [0.717, 1.165) is 50.3 Å². The zero-order valence-corrected chi connectivity index (χ0v) is 25.1. The van der Waals surface area contributed by atoms with Gasteiger partial charge in [-0.25, -0.2) is 9.48 Å². The highest BCUT2D eigenvalue weighted by atomic mass is 16.6. The molecule has 2 amide bonds. The summed E-state index contributed by atoms with van der Waals surface area (Å²) in [6.07, 6.45) is 3.94. The van der Waals surface area contributed by atoms with Crippen LogP contribution < -0.4 is 5.32 Å². The number of nitrogens with zero attached hydrogens (tertiary/aromatic N) is 4. The molecule has 0 spiro atoms. The van der Waals surface area contributed by atoms with Crippen molar-refractivity contribution in [3.8, 4) is 5.69 Å². The summed E-state index contributed by atoms with van der Waals surface area (Å²) in [5, 5.41) is 7.89. The Morgan fingerprint density at radius 2 is 1.73 bits per heavy atom. The quantitative estimate of drug-likeness (QED) is 0.440. The van der Waals surface area contributed by atoms with Gasteiger partial charge < -0.3 is 15.0 Å². The Bertz CT molecular complexity index is 1400. The van der Waals surface area contributed by atoms with E-state index < -0.39 is 5.60 Å². The number of carbonyl (C=O) groups excluding carboxylic acids is 2. The molecule has 1 saturated heterocycles. The minimum Gasteiger partial charge on any atom is -0.444 e. The molecule has 5 rings (SSSR count). The molecule has 0 bridgehead atoms. The van der Waals surface area contributed by atoms with E-state index >= 15 is 0 Å². The summed E-state index contributed by atoms with van der Waals surface area (Å²) in [5.74, 6) is -0.000734. The van der Waals surface area contributed by atoms with Crippen molar-refractivity contribution >= 4 is 12.0 Å². The van der Waals surface area contributed by atoms with E-state index in [-0.39, 0.29) is 17.9 Å². The monoisotopic (exact) mass is 557 g/mol. The van der Waals surface area contributed by atoms with Crippen LogP contribution in [-0.4, -0.2) is 69.9 Å². The number of piperidine rings is 1. The average molecular weight is 558 g/mol.